The number of hydrogen-bond donors (Lipinski definition) is 0. The third-order valence-electron chi connectivity index (χ3n) is 3.41. The fourth-order valence-corrected chi connectivity index (χ4v) is 3.92. The van der Waals surface area contributed by atoms with Crippen molar-refractivity contribution in [3.8, 4) is 5.75 Å². The van der Waals surface area contributed by atoms with Gasteiger partial charge in [-0.2, -0.15) is 0 Å². The molecule has 2 rings (SSSR count). The van der Waals surface area contributed by atoms with Crippen LogP contribution in [0, 0.1) is 0 Å². The van der Waals surface area contributed by atoms with Crippen LogP contribution in [0.5, 0.6) is 5.75 Å². The molecule has 0 bridgehead atoms. The lowest BCUT2D eigenvalue weighted by Crippen LogP contribution is -1.98. The van der Waals surface area contributed by atoms with Crippen molar-refractivity contribution in [3.63, 3.8) is 0 Å². The van der Waals surface area contributed by atoms with Crippen molar-refractivity contribution >= 4 is 61.3 Å². The van der Waals surface area contributed by atoms with E-state index >= 15 is 0 Å². The zero-order valence-electron chi connectivity index (χ0n) is 14.3. The molecule has 2 aromatic rings. The molecule has 0 saturated heterocycles. The minimum absolute atomic E-state index is 0.388. The summed E-state index contributed by atoms with van der Waals surface area (Å²) < 4.78 is 12.9. The van der Waals surface area contributed by atoms with Crippen molar-refractivity contribution in [2.75, 3.05) is 19.8 Å². The normalized spacial score (nSPS) is 11.3. The first-order chi connectivity index (χ1) is 12.5. The highest BCUT2D eigenvalue weighted by Gasteiger charge is 2.09. The summed E-state index contributed by atoms with van der Waals surface area (Å²) in [6, 6.07) is 9.40. The van der Waals surface area contributed by atoms with E-state index in [0.717, 1.165) is 52.0 Å². The van der Waals surface area contributed by atoms with Crippen LogP contribution in [0.15, 0.2) is 44.3 Å². The molecule has 0 spiro atoms. The van der Waals surface area contributed by atoms with Gasteiger partial charge >= 0.3 is 0 Å². The van der Waals surface area contributed by atoms with Crippen molar-refractivity contribution in [2.24, 2.45) is 4.99 Å². The van der Waals surface area contributed by atoms with E-state index in [-0.39, 0.29) is 0 Å². The van der Waals surface area contributed by atoms with Crippen LogP contribution in [0.3, 0.4) is 0 Å². The monoisotopic (exact) mass is 521 g/mol. The van der Waals surface area contributed by atoms with E-state index < -0.39 is 0 Å². The summed E-state index contributed by atoms with van der Waals surface area (Å²) in [7, 11) is 0. The highest BCUT2D eigenvalue weighted by Crippen LogP contribution is 2.35. The molecule has 0 aliphatic carbocycles. The van der Waals surface area contributed by atoms with Gasteiger partial charge in [0, 0.05) is 26.0 Å². The fraction of sp³-hybridized carbons (Fsp3) is 0.316. The number of halogens is 4. The number of rotatable bonds is 9. The van der Waals surface area contributed by atoms with Gasteiger partial charge in [0.2, 0.25) is 0 Å². The van der Waals surface area contributed by atoms with Gasteiger partial charge in [-0.1, -0.05) is 29.3 Å². The minimum Gasteiger partial charge on any atom is -0.487 e. The average Bonchev–Trinajstić information content (AvgIpc) is 2.60. The van der Waals surface area contributed by atoms with Gasteiger partial charge in [-0.15, -0.1) is 0 Å². The van der Waals surface area contributed by atoms with Crippen molar-refractivity contribution in [2.45, 2.75) is 20.0 Å². The number of aliphatic imine (C=N–C) groups is 1. The quantitative estimate of drug-likeness (QED) is 0.263. The lowest BCUT2D eigenvalue weighted by atomic mass is 10.2. The molecule has 0 aliphatic rings. The first-order valence-corrected chi connectivity index (χ1v) is 10.5. The molecule has 140 valence electrons. The zero-order valence-corrected chi connectivity index (χ0v) is 19.0. The number of hydrogen-bond acceptors (Lipinski definition) is 3. The predicted molar refractivity (Wildman–Crippen MR) is 116 cm³/mol. The summed E-state index contributed by atoms with van der Waals surface area (Å²) in [5.41, 5.74) is 1.93. The van der Waals surface area contributed by atoms with Crippen LogP contribution in [0.4, 0.5) is 0 Å². The largest absolute Gasteiger partial charge is 0.487 e. The molecule has 0 aliphatic heterocycles. The Balaban J connectivity index is 1.97. The second-order valence-electron chi connectivity index (χ2n) is 5.44. The van der Waals surface area contributed by atoms with Gasteiger partial charge in [0.15, 0.2) is 0 Å². The Labute approximate surface area is 181 Å². The maximum atomic E-state index is 6.04. The van der Waals surface area contributed by atoms with Crippen molar-refractivity contribution in [1.82, 2.24) is 0 Å². The van der Waals surface area contributed by atoms with Crippen molar-refractivity contribution in [3.05, 3.63) is 60.4 Å². The Morgan fingerprint density at radius 2 is 1.81 bits per heavy atom. The Morgan fingerprint density at radius 1 is 1.08 bits per heavy atom. The second-order valence-corrected chi connectivity index (χ2v) is 7.96. The minimum atomic E-state index is 0.388. The van der Waals surface area contributed by atoms with E-state index in [2.05, 4.69) is 36.9 Å². The average molecular weight is 524 g/mol. The summed E-state index contributed by atoms with van der Waals surface area (Å²) in [4.78, 5) is 4.42. The summed E-state index contributed by atoms with van der Waals surface area (Å²) in [5, 5.41) is 1.05. The molecular weight excluding hydrogens is 505 g/mol. The standard InChI is InChI=1S/C19H19Br2Cl2NO2/c1-2-25-7-3-6-24-11-14-8-15(20)19(16(21)9-14)26-12-13-4-5-17(22)18(23)10-13/h4-5,8-11H,2-3,6-7,12H2,1H3. The smallest absolute Gasteiger partial charge is 0.148 e. The first kappa shape index (κ1) is 21.7. The molecule has 0 N–H and O–H groups in total. The number of nitrogens with zero attached hydrogens (tertiary/aromatic N) is 1. The van der Waals surface area contributed by atoms with Gasteiger partial charge in [0.05, 0.1) is 19.0 Å². The van der Waals surface area contributed by atoms with E-state index in [1.807, 2.05) is 31.3 Å². The molecule has 0 aromatic heterocycles. The highest BCUT2D eigenvalue weighted by molar-refractivity contribution is 9.11. The van der Waals surface area contributed by atoms with Crippen LogP contribution in [-0.2, 0) is 11.3 Å². The Morgan fingerprint density at radius 3 is 2.46 bits per heavy atom. The molecule has 0 saturated carbocycles. The van der Waals surface area contributed by atoms with Gasteiger partial charge < -0.3 is 9.47 Å². The molecule has 7 heteroatoms. The van der Waals surface area contributed by atoms with Crippen LogP contribution in [0.25, 0.3) is 0 Å². The van der Waals surface area contributed by atoms with E-state index in [0.29, 0.717) is 16.7 Å². The van der Waals surface area contributed by atoms with E-state index in [1.54, 1.807) is 12.1 Å². The maximum Gasteiger partial charge on any atom is 0.148 e. The maximum absolute atomic E-state index is 6.04. The van der Waals surface area contributed by atoms with E-state index in [1.165, 1.54) is 0 Å². The lowest BCUT2D eigenvalue weighted by molar-refractivity contribution is 0.146. The van der Waals surface area contributed by atoms with Crippen LogP contribution >= 0.6 is 55.1 Å². The molecule has 2 aromatic carbocycles. The SMILES string of the molecule is CCOCCCN=Cc1cc(Br)c(OCc2ccc(Cl)c(Cl)c2)c(Br)c1. The van der Waals surface area contributed by atoms with Crippen LogP contribution in [0.1, 0.15) is 24.5 Å². The van der Waals surface area contributed by atoms with Crippen LogP contribution < -0.4 is 4.74 Å². The molecule has 3 nitrogen and oxygen atoms in total. The highest BCUT2D eigenvalue weighted by atomic mass is 79.9. The summed E-state index contributed by atoms with van der Waals surface area (Å²) in [6.45, 7) is 4.60. The third-order valence-corrected chi connectivity index (χ3v) is 5.33. The van der Waals surface area contributed by atoms with Gasteiger partial charge in [-0.3, -0.25) is 4.99 Å². The topological polar surface area (TPSA) is 30.8 Å². The van der Waals surface area contributed by atoms with E-state index in [4.69, 9.17) is 32.7 Å². The van der Waals surface area contributed by atoms with E-state index in [9.17, 15) is 0 Å². The molecule has 0 radical (unpaired) electrons. The van der Waals surface area contributed by atoms with Crippen molar-refractivity contribution < 1.29 is 9.47 Å². The van der Waals surface area contributed by atoms with Crippen LogP contribution in [0.2, 0.25) is 10.0 Å². The first-order valence-electron chi connectivity index (χ1n) is 8.14. The van der Waals surface area contributed by atoms with Gasteiger partial charge in [0.25, 0.3) is 0 Å². The lowest BCUT2D eigenvalue weighted by Gasteiger charge is -2.12. The Kier molecular flexibility index (Phi) is 9.43. The second kappa shape index (κ2) is 11.3. The molecule has 0 amide bonds. The molecule has 0 atom stereocenters. The summed E-state index contributed by atoms with van der Waals surface area (Å²) >= 11 is 19.1. The Hall–Kier alpha value is -0.590. The van der Waals surface area contributed by atoms with Gasteiger partial charge in [-0.05, 0) is 80.6 Å². The van der Waals surface area contributed by atoms with Gasteiger partial charge in [0.1, 0.15) is 12.4 Å². The molecule has 0 fully saturated rings. The molecule has 26 heavy (non-hydrogen) atoms. The number of benzene rings is 2. The Bertz CT molecular complexity index is 746. The predicted octanol–water partition coefficient (Wildman–Crippen LogP) is 6.94. The zero-order chi connectivity index (χ0) is 18.9. The fourth-order valence-electron chi connectivity index (χ4n) is 2.15. The number of ether oxygens (including phenoxy) is 2. The van der Waals surface area contributed by atoms with Gasteiger partial charge in [-0.25, -0.2) is 0 Å². The summed E-state index contributed by atoms with van der Waals surface area (Å²) in [6.07, 6.45) is 2.77. The third kappa shape index (κ3) is 6.86. The van der Waals surface area contributed by atoms with Crippen LogP contribution in [-0.4, -0.2) is 26.0 Å². The molecular formula is C19H19Br2Cl2NO2. The summed E-state index contributed by atoms with van der Waals surface area (Å²) in [5.74, 6) is 0.726. The molecule has 0 heterocycles. The molecule has 0 unspecified atom stereocenters. The van der Waals surface area contributed by atoms with Crippen molar-refractivity contribution in [1.29, 1.82) is 0 Å².